The standard InChI is InChI=1S/C15H29NOSi/c1-12(2)9-8-10-13(3)11-15(14(4)16)17-18(5,6)7/h9,11,15-16H,8,10H2,1-7H3/b13-11+,16-14?. The van der Waals surface area contributed by atoms with Gasteiger partial charge in [-0.1, -0.05) is 23.3 Å². The third-order valence-electron chi connectivity index (χ3n) is 2.43. The maximum absolute atomic E-state index is 7.81. The molecule has 0 aliphatic carbocycles. The molecule has 0 spiro atoms. The van der Waals surface area contributed by atoms with Gasteiger partial charge in [-0.15, -0.1) is 0 Å². The average molecular weight is 267 g/mol. The molecule has 0 heterocycles. The van der Waals surface area contributed by atoms with Gasteiger partial charge in [0, 0.05) is 5.71 Å². The number of nitrogens with one attached hydrogen (secondary N) is 1. The Morgan fingerprint density at radius 2 is 1.72 bits per heavy atom. The quantitative estimate of drug-likeness (QED) is 0.395. The van der Waals surface area contributed by atoms with E-state index in [1.807, 2.05) is 6.92 Å². The molecular weight excluding hydrogens is 238 g/mol. The molecule has 0 amide bonds. The predicted molar refractivity (Wildman–Crippen MR) is 84.0 cm³/mol. The maximum atomic E-state index is 7.81. The van der Waals surface area contributed by atoms with Gasteiger partial charge in [-0.05, 0) is 60.2 Å². The van der Waals surface area contributed by atoms with E-state index in [1.54, 1.807) is 0 Å². The molecule has 1 unspecified atom stereocenters. The van der Waals surface area contributed by atoms with Crippen LogP contribution in [0.25, 0.3) is 0 Å². The zero-order valence-corrected chi connectivity index (χ0v) is 14.1. The van der Waals surface area contributed by atoms with Crippen LogP contribution in [0, 0.1) is 5.41 Å². The summed E-state index contributed by atoms with van der Waals surface area (Å²) in [7, 11) is -1.60. The lowest BCUT2D eigenvalue weighted by Crippen LogP contribution is -2.34. The van der Waals surface area contributed by atoms with Crippen molar-refractivity contribution < 1.29 is 4.43 Å². The molecule has 0 aromatic rings. The minimum Gasteiger partial charge on any atom is -0.406 e. The van der Waals surface area contributed by atoms with Gasteiger partial charge >= 0.3 is 0 Å². The van der Waals surface area contributed by atoms with Crippen molar-refractivity contribution in [1.29, 1.82) is 5.41 Å². The van der Waals surface area contributed by atoms with Crippen molar-refractivity contribution in [2.24, 2.45) is 0 Å². The van der Waals surface area contributed by atoms with Gasteiger partial charge in [0.05, 0.1) is 0 Å². The van der Waals surface area contributed by atoms with Gasteiger partial charge in [-0.25, -0.2) is 0 Å². The second-order valence-electron chi connectivity index (χ2n) is 6.17. The fourth-order valence-corrected chi connectivity index (χ4v) is 2.57. The lowest BCUT2D eigenvalue weighted by Gasteiger charge is -2.24. The molecule has 0 saturated heterocycles. The van der Waals surface area contributed by atoms with Crippen molar-refractivity contribution in [2.45, 2.75) is 66.3 Å². The van der Waals surface area contributed by atoms with Crippen LogP contribution in [0.5, 0.6) is 0 Å². The first-order valence-corrected chi connectivity index (χ1v) is 10.1. The normalized spacial score (nSPS) is 14.3. The van der Waals surface area contributed by atoms with Crippen LogP contribution in [0.3, 0.4) is 0 Å². The first-order valence-electron chi connectivity index (χ1n) is 6.65. The molecule has 0 rings (SSSR count). The summed E-state index contributed by atoms with van der Waals surface area (Å²) in [6, 6.07) is 0. The third-order valence-corrected chi connectivity index (χ3v) is 3.40. The largest absolute Gasteiger partial charge is 0.406 e. The maximum Gasteiger partial charge on any atom is 0.185 e. The zero-order chi connectivity index (χ0) is 14.3. The zero-order valence-electron chi connectivity index (χ0n) is 13.1. The first-order chi connectivity index (χ1) is 8.11. The molecule has 0 aliphatic rings. The van der Waals surface area contributed by atoms with Crippen LogP contribution in [0.4, 0.5) is 0 Å². The Morgan fingerprint density at radius 3 is 2.11 bits per heavy atom. The number of rotatable bonds is 7. The van der Waals surface area contributed by atoms with Gasteiger partial charge in [-0.3, -0.25) is 0 Å². The SMILES string of the molecule is CC(=N)C(/C=C(\C)CCC=C(C)C)O[Si](C)(C)C. The Kier molecular flexibility index (Phi) is 7.41. The van der Waals surface area contributed by atoms with E-state index in [0.29, 0.717) is 5.71 Å². The number of hydrogen-bond acceptors (Lipinski definition) is 2. The van der Waals surface area contributed by atoms with E-state index in [2.05, 4.69) is 52.6 Å². The first kappa shape index (κ1) is 17.3. The molecule has 0 aromatic carbocycles. The summed E-state index contributed by atoms with van der Waals surface area (Å²) in [5.74, 6) is 0. The molecule has 0 saturated carbocycles. The van der Waals surface area contributed by atoms with Gasteiger partial charge < -0.3 is 9.84 Å². The van der Waals surface area contributed by atoms with Crippen molar-refractivity contribution in [3.8, 4) is 0 Å². The highest BCUT2D eigenvalue weighted by molar-refractivity contribution is 6.69. The number of hydrogen-bond donors (Lipinski definition) is 1. The molecule has 104 valence electrons. The Balaban J connectivity index is 4.55. The topological polar surface area (TPSA) is 33.1 Å². The fourth-order valence-electron chi connectivity index (χ4n) is 1.56. The summed E-state index contributed by atoms with van der Waals surface area (Å²) in [6.45, 7) is 14.7. The van der Waals surface area contributed by atoms with Gasteiger partial charge in [0.2, 0.25) is 0 Å². The molecular formula is C15H29NOSi. The van der Waals surface area contributed by atoms with E-state index in [0.717, 1.165) is 12.8 Å². The summed E-state index contributed by atoms with van der Waals surface area (Å²) < 4.78 is 6.02. The molecule has 0 radical (unpaired) electrons. The molecule has 18 heavy (non-hydrogen) atoms. The van der Waals surface area contributed by atoms with Crippen LogP contribution in [0.2, 0.25) is 19.6 Å². The van der Waals surface area contributed by atoms with Crippen molar-refractivity contribution >= 4 is 14.0 Å². The number of allylic oxidation sites excluding steroid dienone is 3. The monoisotopic (exact) mass is 267 g/mol. The van der Waals surface area contributed by atoms with E-state index in [1.165, 1.54) is 11.1 Å². The third kappa shape index (κ3) is 9.37. The second-order valence-corrected chi connectivity index (χ2v) is 10.6. The van der Waals surface area contributed by atoms with Gasteiger partial charge in [0.1, 0.15) is 6.10 Å². The molecule has 0 fully saturated rings. The highest BCUT2D eigenvalue weighted by Gasteiger charge is 2.20. The van der Waals surface area contributed by atoms with Crippen molar-refractivity contribution in [3.63, 3.8) is 0 Å². The summed E-state index contributed by atoms with van der Waals surface area (Å²) in [6.07, 6.45) is 6.34. The van der Waals surface area contributed by atoms with E-state index in [-0.39, 0.29) is 6.10 Å². The summed E-state index contributed by atoms with van der Waals surface area (Å²) in [5, 5.41) is 7.81. The van der Waals surface area contributed by atoms with Crippen LogP contribution >= 0.6 is 0 Å². The highest BCUT2D eigenvalue weighted by atomic mass is 28.4. The Labute approximate surface area is 114 Å². The van der Waals surface area contributed by atoms with E-state index in [9.17, 15) is 0 Å². The van der Waals surface area contributed by atoms with Crippen molar-refractivity contribution in [2.75, 3.05) is 0 Å². The van der Waals surface area contributed by atoms with Crippen molar-refractivity contribution in [1.82, 2.24) is 0 Å². The molecule has 3 heteroatoms. The Bertz CT molecular complexity index is 333. The van der Waals surface area contributed by atoms with E-state index < -0.39 is 8.32 Å². The lowest BCUT2D eigenvalue weighted by atomic mass is 10.1. The summed E-state index contributed by atoms with van der Waals surface area (Å²) in [5.41, 5.74) is 3.27. The second kappa shape index (κ2) is 7.69. The molecule has 0 aromatic heterocycles. The highest BCUT2D eigenvalue weighted by Crippen LogP contribution is 2.14. The van der Waals surface area contributed by atoms with Crippen molar-refractivity contribution in [3.05, 3.63) is 23.3 Å². The van der Waals surface area contributed by atoms with E-state index >= 15 is 0 Å². The molecule has 2 nitrogen and oxygen atoms in total. The van der Waals surface area contributed by atoms with Crippen LogP contribution in [-0.2, 0) is 4.43 Å². The van der Waals surface area contributed by atoms with Crippen LogP contribution in [0.15, 0.2) is 23.3 Å². The van der Waals surface area contributed by atoms with Gasteiger partial charge in [-0.2, -0.15) is 0 Å². The van der Waals surface area contributed by atoms with Crippen LogP contribution in [-0.4, -0.2) is 20.1 Å². The Hall–Kier alpha value is -0.673. The molecule has 1 N–H and O–H groups in total. The van der Waals surface area contributed by atoms with Gasteiger partial charge in [0.25, 0.3) is 0 Å². The summed E-state index contributed by atoms with van der Waals surface area (Å²) in [4.78, 5) is 0. The van der Waals surface area contributed by atoms with Crippen LogP contribution in [0.1, 0.15) is 40.5 Å². The van der Waals surface area contributed by atoms with Gasteiger partial charge in [0.15, 0.2) is 8.32 Å². The molecule has 0 aliphatic heterocycles. The lowest BCUT2D eigenvalue weighted by molar-refractivity contribution is 0.303. The van der Waals surface area contributed by atoms with Crippen LogP contribution < -0.4 is 0 Å². The van der Waals surface area contributed by atoms with E-state index in [4.69, 9.17) is 9.84 Å². The fraction of sp³-hybridized carbons (Fsp3) is 0.667. The average Bonchev–Trinajstić information content (AvgIpc) is 2.13. The predicted octanol–water partition coefficient (Wildman–Crippen LogP) is 4.94. The smallest absolute Gasteiger partial charge is 0.185 e. The minimum atomic E-state index is -1.60. The minimum absolute atomic E-state index is 0.136. The summed E-state index contributed by atoms with van der Waals surface area (Å²) >= 11 is 0. The molecule has 0 bridgehead atoms. The molecule has 1 atom stereocenters. The Morgan fingerprint density at radius 1 is 1.17 bits per heavy atom.